The average molecular weight is 197 g/mol. The summed E-state index contributed by atoms with van der Waals surface area (Å²) in [6.45, 7) is 12.4. The van der Waals surface area contributed by atoms with Crippen molar-refractivity contribution in [2.45, 2.75) is 39.8 Å². The molecule has 3 heteroatoms. The van der Waals surface area contributed by atoms with Crippen LogP contribution in [0.4, 0.5) is 0 Å². The number of hydrogen-bond acceptors (Lipinski definition) is 1. The Balaban J connectivity index is 4.79. The van der Waals surface area contributed by atoms with Gasteiger partial charge in [-0.15, -0.1) is 0 Å². The van der Waals surface area contributed by atoms with E-state index in [2.05, 4.69) is 49.1 Å². The van der Waals surface area contributed by atoms with E-state index >= 15 is 0 Å². The summed E-state index contributed by atoms with van der Waals surface area (Å²) < 4.78 is 0. The molecular weight excluding hydrogens is 174 g/mol. The fraction of sp³-hybridized carbons (Fsp3) is 0.727. The maximum Gasteiger partial charge on any atom is 0.200 e. The van der Waals surface area contributed by atoms with Crippen LogP contribution in [0.3, 0.4) is 0 Å². The van der Waals surface area contributed by atoms with Crippen LogP contribution in [0.5, 0.6) is 0 Å². The van der Waals surface area contributed by atoms with Crippen molar-refractivity contribution >= 4 is 5.96 Å². The number of nitrogens with zero attached hydrogens (tertiary/aromatic N) is 3. The minimum absolute atomic E-state index is 0.382. The summed E-state index contributed by atoms with van der Waals surface area (Å²) >= 11 is 0. The van der Waals surface area contributed by atoms with Crippen molar-refractivity contribution in [3.8, 4) is 0 Å². The van der Waals surface area contributed by atoms with Gasteiger partial charge in [-0.3, -0.25) is 4.99 Å². The Kier molecular flexibility index (Phi) is 5.28. The first-order valence-electron chi connectivity index (χ1n) is 5.06. The lowest BCUT2D eigenvalue weighted by molar-refractivity contribution is 0.332. The molecule has 82 valence electrons. The maximum atomic E-state index is 4.30. The van der Waals surface area contributed by atoms with Crippen LogP contribution in [0.1, 0.15) is 27.7 Å². The maximum absolute atomic E-state index is 4.30. The summed E-state index contributed by atoms with van der Waals surface area (Å²) in [6, 6.07) is 0.822. The van der Waals surface area contributed by atoms with Gasteiger partial charge in [-0.2, -0.15) is 0 Å². The highest BCUT2D eigenvalue weighted by molar-refractivity contribution is 5.81. The van der Waals surface area contributed by atoms with Gasteiger partial charge in [0, 0.05) is 26.2 Å². The minimum Gasteiger partial charge on any atom is -0.343 e. The van der Waals surface area contributed by atoms with E-state index in [-0.39, 0.29) is 0 Å². The summed E-state index contributed by atoms with van der Waals surface area (Å²) in [7, 11) is 3.86. The van der Waals surface area contributed by atoms with Gasteiger partial charge >= 0.3 is 0 Å². The first-order valence-corrected chi connectivity index (χ1v) is 5.06. The average Bonchev–Trinajstić information content (AvgIpc) is 2.11. The van der Waals surface area contributed by atoms with Crippen LogP contribution < -0.4 is 0 Å². The molecule has 0 saturated carbocycles. The van der Waals surface area contributed by atoms with Gasteiger partial charge in [0.25, 0.3) is 0 Å². The van der Waals surface area contributed by atoms with E-state index in [9.17, 15) is 0 Å². The van der Waals surface area contributed by atoms with Crippen molar-refractivity contribution in [3.05, 3.63) is 12.8 Å². The SMILES string of the molecule is C=CN(/C(=N\C)N(C)C(C)C)C(C)C. The zero-order valence-electron chi connectivity index (χ0n) is 10.3. The molecule has 0 atom stereocenters. The van der Waals surface area contributed by atoms with Gasteiger partial charge in [0.15, 0.2) is 0 Å². The summed E-state index contributed by atoms with van der Waals surface area (Å²) in [5.41, 5.74) is 0. The van der Waals surface area contributed by atoms with E-state index in [1.165, 1.54) is 0 Å². The van der Waals surface area contributed by atoms with E-state index in [0.29, 0.717) is 12.1 Å². The molecule has 0 aromatic rings. The number of hydrogen-bond donors (Lipinski definition) is 0. The highest BCUT2D eigenvalue weighted by Gasteiger charge is 2.17. The fourth-order valence-electron chi connectivity index (χ4n) is 1.21. The first-order chi connectivity index (χ1) is 6.45. The second-order valence-corrected chi connectivity index (χ2v) is 3.91. The van der Waals surface area contributed by atoms with Crippen molar-refractivity contribution in [1.29, 1.82) is 0 Å². The van der Waals surface area contributed by atoms with Gasteiger partial charge in [0.1, 0.15) is 0 Å². The Morgan fingerprint density at radius 1 is 1.21 bits per heavy atom. The second-order valence-electron chi connectivity index (χ2n) is 3.91. The molecule has 0 saturated heterocycles. The molecule has 0 aromatic carbocycles. The van der Waals surface area contributed by atoms with Crippen molar-refractivity contribution in [2.24, 2.45) is 4.99 Å². The third-order valence-corrected chi connectivity index (χ3v) is 2.27. The molecule has 0 aromatic heterocycles. The minimum atomic E-state index is 0.382. The Morgan fingerprint density at radius 2 is 1.71 bits per heavy atom. The molecule has 0 aliphatic heterocycles. The van der Waals surface area contributed by atoms with Crippen LogP contribution in [-0.4, -0.2) is 41.9 Å². The Bertz CT molecular complexity index is 207. The molecular formula is C11H23N3. The number of guanidine groups is 1. The van der Waals surface area contributed by atoms with Gasteiger partial charge in [-0.25, -0.2) is 0 Å². The van der Waals surface area contributed by atoms with Crippen LogP contribution in [0.2, 0.25) is 0 Å². The molecule has 0 unspecified atom stereocenters. The molecule has 14 heavy (non-hydrogen) atoms. The van der Waals surface area contributed by atoms with E-state index in [1.54, 1.807) is 0 Å². The van der Waals surface area contributed by atoms with Gasteiger partial charge in [0.2, 0.25) is 5.96 Å². The van der Waals surface area contributed by atoms with Crippen molar-refractivity contribution in [1.82, 2.24) is 9.80 Å². The molecule has 0 aliphatic carbocycles. The van der Waals surface area contributed by atoms with E-state index < -0.39 is 0 Å². The van der Waals surface area contributed by atoms with Crippen molar-refractivity contribution in [2.75, 3.05) is 14.1 Å². The van der Waals surface area contributed by atoms with Crippen LogP contribution in [0.15, 0.2) is 17.8 Å². The molecule has 3 nitrogen and oxygen atoms in total. The summed E-state index contributed by atoms with van der Waals surface area (Å²) in [4.78, 5) is 8.51. The van der Waals surface area contributed by atoms with Crippen LogP contribution in [0, 0.1) is 0 Å². The molecule has 0 bridgehead atoms. The third-order valence-electron chi connectivity index (χ3n) is 2.27. The van der Waals surface area contributed by atoms with Gasteiger partial charge in [-0.1, -0.05) is 6.58 Å². The summed E-state index contributed by atoms with van der Waals surface area (Å²) in [5.74, 6) is 0.963. The lowest BCUT2D eigenvalue weighted by Crippen LogP contribution is -2.45. The fourth-order valence-corrected chi connectivity index (χ4v) is 1.21. The zero-order valence-corrected chi connectivity index (χ0v) is 10.3. The monoisotopic (exact) mass is 197 g/mol. The first kappa shape index (κ1) is 13.0. The van der Waals surface area contributed by atoms with Crippen molar-refractivity contribution < 1.29 is 0 Å². The Labute approximate surface area is 88.1 Å². The van der Waals surface area contributed by atoms with E-state index in [4.69, 9.17) is 0 Å². The van der Waals surface area contributed by atoms with E-state index in [0.717, 1.165) is 5.96 Å². The van der Waals surface area contributed by atoms with Gasteiger partial charge in [-0.05, 0) is 33.9 Å². The number of aliphatic imine (C=N–C) groups is 1. The standard InChI is InChI=1S/C11H23N3/c1-8-14(10(4)5)11(12-6)13(7)9(2)3/h8-10H,1H2,2-7H3/b12-11-. The van der Waals surface area contributed by atoms with E-state index in [1.807, 2.05) is 20.3 Å². The third kappa shape index (κ3) is 3.05. The lowest BCUT2D eigenvalue weighted by atomic mass is 10.3. The smallest absolute Gasteiger partial charge is 0.200 e. The summed E-state index contributed by atoms with van der Waals surface area (Å²) in [6.07, 6.45) is 1.83. The van der Waals surface area contributed by atoms with Gasteiger partial charge < -0.3 is 9.80 Å². The molecule has 0 heterocycles. The quantitative estimate of drug-likeness (QED) is 0.510. The van der Waals surface area contributed by atoms with Crippen LogP contribution >= 0.6 is 0 Å². The predicted octanol–water partition coefficient (Wildman–Crippen LogP) is 2.17. The van der Waals surface area contributed by atoms with Gasteiger partial charge in [0.05, 0.1) is 0 Å². The van der Waals surface area contributed by atoms with Crippen molar-refractivity contribution in [3.63, 3.8) is 0 Å². The predicted molar refractivity (Wildman–Crippen MR) is 63.4 cm³/mol. The molecule has 0 spiro atoms. The zero-order chi connectivity index (χ0) is 11.3. The lowest BCUT2D eigenvalue weighted by Gasteiger charge is -2.34. The Hall–Kier alpha value is -0.990. The van der Waals surface area contributed by atoms with Crippen LogP contribution in [-0.2, 0) is 0 Å². The largest absolute Gasteiger partial charge is 0.343 e. The molecule has 0 aliphatic rings. The number of rotatable bonds is 3. The highest BCUT2D eigenvalue weighted by atomic mass is 15.4. The Morgan fingerprint density at radius 3 is 1.93 bits per heavy atom. The molecule has 0 rings (SSSR count). The topological polar surface area (TPSA) is 18.8 Å². The molecule has 0 N–H and O–H groups in total. The van der Waals surface area contributed by atoms with Crippen LogP contribution in [0.25, 0.3) is 0 Å². The molecule has 0 amide bonds. The summed E-state index contributed by atoms with van der Waals surface area (Å²) in [5, 5.41) is 0. The second kappa shape index (κ2) is 5.68. The molecule has 0 radical (unpaired) electrons. The normalized spacial score (nSPS) is 12.1. The highest BCUT2D eigenvalue weighted by Crippen LogP contribution is 2.06. The molecule has 0 fully saturated rings.